The van der Waals surface area contributed by atoms with E-state index in [1.807, 2.05) is 12.1 Å². The van der Waals surface area contributed by atoms with Crippen molar-refractivity contribution >= 4 is 65.4 Å². The molecule has 0 saturated heterocycles. The molecular formula is C56H36N6. The molecule has 290 valence electrons. The number of aromatic nitrogens is 6. The van der Waals surface area contributed by atoms with Crippen molar-refractivity contribution in [2.24, 2.45) is 0 Å². The van der Waals surface area contributed by atoms with Gasteiger partial charge in [0.25, 0.3) is 0 Å². The molecule has 13 aromatic rings. The van der Waals surface area contributed by atoms with Crippen molar-refractivity contribution in [2.75, 3.05) is 0 Å². The van der Waals surface area contributed by atoms with E-state index in [0.29, 0.717) is 0 Å². The molecule has 0 atom stereocenters. The van der Waals surface area contributed by atoms with Crippen LogP contribution in [0.3, 0.4) is 0 Å². The highest BCUT2D eigenvalue weighted by Crippen LogP contribution is 2.45. The van der Waals surface area contributed by atoms with E-state index >= 15 is 0 Å². The minimum absolute atomic E-state index is 0.773. The molecule has 4 aromatic heterocycles. The van der Waals surface area contributed by atoms with E-state index in [1.165, 1.54) is 38.0 Å². The fourth-order valence-electron chi connectivity index (χ4n) is 9.96. The molecule has 6 heteroatoms. The topological polar surface area (TPSA) is 45.5 Å². The third-order valence-electron chi connectivity index (χ3n) is 12.5. The zero-order chi connectivity index (χ0) is 40.7. The molecule has 0 fully saturated rings. The number of nitrogens with zero attached hydrogens (tertiary/aromatic N) is 6. The van der Waals surface area contributed by atoms with Gasteiger partial charge >= 0.3 is 0 Å². The molecule has 0 aliphatic heterocycles. The third kappa shape index (κ3) is 4.92. The van der Waals surface area contributed by atoms with Crippen molar-refractivity contribution in [3.63, 3.8) is 0 Å². The fraction of sp³-hybridized carbons (Fsp3) is 0. The van der Waals surface area contributed by atoms with Gasteiger partial charge in [-0.15, -0.1) is 10.2 Å². The lowest BCUT2D eigenvalue weighted by Crippen LogP contribution is -2.05. The van der Waals surface area contributed by atoms with E-state index in [0.717, 1.165) is 73.0 Å². The zero-order valence-corrected chi connectivity index (χ0v) is 33.5. The molecule has 0 unspecified atom stereocenters. The Balaban J connectivity index is 1.14. The number of benzene rings is 9. The second kappa shape index (κ2) is 13.5. The molecule has 0 aliphatic carbocycles. The second-order valence-electron chi connectivity index (χ2n) is 15.8. The number of rotatable bonds is 6. The first-order valence-corrected chi connectivity index (χ1v) is 21.0. The fourth-order valence-corrected chi connectivity index (χ4v) is 9.96. The predicted molar refractivity (Wildman–Crippen MR) is 255 cm³/mol. The monoisotopic (exact) mass is 792 g/mol. The molecule has 0 bridgehead atoms. The molecule has 0 spiro atoms. The summed E-state index contributed by atoms with van der Waals surface area (Å²) in [7, 11) is 0. The van der Waals surface area contributed by atoms with Gasteiger partial charge in [-0.25, -0.2) is 0 Å². The summed E-state index contributed by atoms with van der Waals surface area (Å²) >= 11 is 0. The van der Waals surface area contributed by atoms with Crippen molar-refractivity contribution in [2.45, 2.75) is 0 Å². The maximum Gasteiger partial charge on any atom is 0.171 e. The molecule has 0 saturated carbocycles. The quantitative estimate of drug-likeness (QED) is 0.168. The minimum Gasteiger partial charge on any atom is -0.309 e. The van der Waals surface area contributed by atoms with Crippen LogP contribution in [-0.2, 0) is 0 Å². The van der Waals surface area contributed by atoms with Crippen LogP contribution < -0.4 is 0 Å². The van der Waals surface area contributed by atoms with Crippen molar-refractivity contribution in [1.82, 2.24) is 28.5 Å². The van der Waals surface area contributed by atoms with E-state index in [1.54, 1.807) is 0 Å². The van der Waals surface area contributed by atoms with E-state index in [9.17, 15) is 0 Å². The van der Waals surface area contributed by atoms with Crippen LogP contribution in [-0.4, -0.2) is 28.5 Å². The Kier molecular flexibility index (Phi) is 7.50. The Hall–Kier alpha value is -8.48. The molecule has 0 aliphatic rings. The summed E-state index contributed by atoms with van der Waals surface area (Å²) < 4.78 is 9.56. The minimum atomic E-state index is 0.773. The summed E-state index contributed by atoms with van der Waals surface area (Å²) in [4.78, 5) is 0. The molecule has 6 nitrogen and oxygen atoms in total. The summed E-state index contributed by atoms with van der Waals surface area (Å²) in [5.41, 5.74) is 13.1. The first-order valence-electron chi connectivity index (χ1n) is 21.0. The SMILES string of the molecule is c1ccc(-c2nnc(-c3cccc4c5ccccc5n(-c5ccccc5-n5c6ccccc6c6c5ccc5c7ccccc7n(-c7ccccc7)c56)c34)n2-c2ccccc2)cc1. The first kappa shape index (κ1) is 34.4. The summed E-state index contributed by atoms with van der Waals surface area (Å²) in [5, 5.41) is 17.1. The number of hydrogen-bond donors (Lipinski definition) is 0. The van der Waals surface area contributed by atoms with Gasteiger partial charge in [-0.3, -0.25) is 4.57 Å². The Morgan fingerprint density at radius 3 is 1.44 bits per heavy atom. The smallest absolute Gasteiger partial charge is 0.171 e. The van der Waals surface area contributed by atoms with E-state index in [2.05, 4.69) is 225 Å². The summed E-state index contributed by atoms with van der Waals surface area (Å²) in [5.74, 6) is 1.56. The van der Waals surface area contributed by atoms with E-state index in [-0.39, 0.29) is 0 Å². The van der Waals surface area contributed by atoms with Crippen LogP contribution in [0.1, 0.15) is 0 Å². The average molecular weight is 793 g/mol. The van der Waals surface area contributed by atoms with E-state index < -0.39 is 0 Å². The Labute approximate surface area is 356 Å². The summed E-state index contributed by atoms with van der Waals surface area (Å²) in [6.45, 7) is 0. The van der Waals surface area contributed by atoms with Crippen LogP contribution in [0.15, 0.2) is 218 Å². The number of para-hydroxylation sites is 8. The number of fused-ring (bicyclic) bond motifs is 10. The van der Waals surface area contributed by atoms with Crippen molar-refractivity contribution in [3.8, 4) is 45.5 Å². The molecule has 0 N–H and O–H groups in total. The van der Waals surface area contributed by atoms with E-state index in [4.69, 9.17) is 10.2 Å². The molecule has 0 amide bonds. The molecule has 4 heterocycles. The lowest BCUT2D eigenvalue weighted by atomic mass is 10.1. The van der Waals surface area contributed by atoms with Gasteiger partial charge in [0.15, 0.2) is 11.6 Å². The summed E-state index contributed by atoms with van der Waals surface area (Å²) in [6, 6.07) is 78.0. The lowest BCUT2D eigenvalue weighted by Gasteiger charge is -2.18. The van der Waals surface area contributed by atoms with Crippen molar-refractivity contribution in [3.05, 3.63) is 218 Å². The van der Waals surface area contributed by atoms with Gasteiger partial charge in [-0.05, 0) is 66.7 Å². The maximum absolute atomic E-state index is 5.02. The normalized spacial score (nSPS) is 11.9. The third-order valence-corrected chi connectivity index (χ3v) is 12.5. The van der Waals surface area contributed by atoms with Crippen molar-refractivity contribution < 1.29 is 0 Å². The Bertz CT molecular complexity index is 3850. The summed E-state index contributed by atoms with van der Waals surface area (Å²) in [6.07, 6.45) is 0. The maximum atomic E-state index is 5.02. The van der Waals surface area contributed by atoms with Crippen LogP contribution in [0.5, 0.6) is 0 Å². The first-order chi connectivity index (χ1) is 30.8. The molecular weight excluding hydrogens is 757 g/mol. The van der Waals surface area contributed by atoms with Gasteiger partial charge in [-0.1, -0.05) is 152 Å². The van der Waals surface area contributed by atoms with Crippen LogP contribution in [0.2, 0.25) is 0 Å². The van der Waals surface area contributed by atoms with Crippen molar-refractivity contribution in [1.29, 1.82) is 0 Å². The predicted octanol–water partition coefficient (Wildman–Crippen LogP) is 13.9. The zero-order valence-electron chi connectivity index (χ0n) is 33.5. The Morgan fingerprint density at radius 2 is 0.758 bits per heavy atom. The molecule has 13 rings (SSSR count). The van der Waals surface area contributed by atoms with Gasteiger partial charge in [0.1, 0.15) is 0 Å². The van der Waals surface area contributed by atoms with Gasteiger partial charge in [0.05, 0.1) is 44.5 Å². The average Bonchev–Trinajstić information content (AvgIpc) is 4.11. The standard InChI is InChI=1S/C56H36N6/c1-4-19-37(20-5-1)55-57-58-56(60(55)39-23-8-3-9-24-39)45-29-18-28-42-40-25-11-14-31-47(40)62(53(42)45)50-34-17-16-33-49(50)61-48-32-15-12-27-44(48)52-51(61)36-35-43-41-26-10-13-30-46(41)59(54(43)52)38-21-6-2-7-22-38/h1-36H. The number of hydrogen-bond acceptors (Lipinski definition) is 2. The molecule has 9 aromatic carbocycles. The van der Waals surface area contributed by atoms with Gasteiger partial charge < -0.3 is 13.7 Å². The molecule has 0 radical (unpaired) electrons. The highest BCUT2D eigenvalue weighted by molar-refractivity contribution is 6.26. The lowest BCUT2D eigenvalue weighted by molar-refractivity contribution is 1.07. The van der Waals surface area contributed by atoms with Gasteiger partial charge in [-0.2, -0.15) is 0 Å². The Morgan fingerprint density at radius 1 is 0.274 bits per heavy atom. The van der Waals surface area contributed by atoms with Crippen LogP contribution >= 0.6 is 0 Å². The van der Waals surface area contributed by atoms with Crippen LogP contribution in [0.4, 0.5) is 0 Å². The van der Waals surface area contributed by atoms with Gasteiger partial charge in [0, 0.05) is 54.8 Å². The van der Waals surface area contributed by atoms with Crippen LogP contribution in [0.25, 0.3) is 111 Å². The largest absolute Gasteiger partial charge is 0.309 e. The van der Waals surface area contributed by atoms with Gasteiger partial charge in [0.2, 0.25) is 0 Å². The second-order valence-corrected chi connectivity index (χ2v) is 15.8. The highest BCUT2D eigenvalue weighted by atomic mass is 15.3. The van der Waals surface area contributed by atoms with Crippen LogP contribution in [0, 0.1) is 0 Å². The molecule has 62 heavy (non-hydrogen) atoms. The highest BCUT2D eigenvalue weighted by Gasteiger charge is 2.26.